The van der Waals surface area contributed by atoms with Crippen LogP contribution in [0.5, 0.6) is 11.5 Å². The Balaban J connectivity index is 1.45. The number of aryl methyl sites for hydroxylation is 1. The molecule has 2 aromatic heterocycles. The number of H-pyrrole nitrogens is 1. The highest BCUT2D eigenvalue weighted by Crippen LogP contribution is 2.38. The topological polar surface area (TPSA) is 80.3 Å². The predicted octanol–water partition coefficient (Wildman–Crippen LogP) is 4.99. The third-order valence-corrected chi connectivity index (χ3v) is 7.05. The first-order valence-corrected chi connectivity index (χ1v) is 11.4. The van der Waals surface area contributed by atoms with Gasteiger partial charge in [0.2, 0.25) is 0 Å². The first kappa shape index (κ1) is 20.5. The number of rotatable bonds is 5. The van der Waals surface area contributed by atoms with E-state index in [0.29, 0.717) is 22.9 Å². The van der Waals surface area contributed by atoms with Gasteiger partial charge in [0, 0.05) is 12.1 Å². The summed E-state index contributed by atoms with van der Waals surface area (Å²) in [4.78, 5) is 29.0. The van der Waals surface area contributed by atoms with Gasteiger partial charge >= 0.3 is 0 Å². The van der Waals surface area contributed by atoms with Crippen molar-refractivity contribution in [2.45, 2.75) is 25.8 Å². The van der Waals surface area contributed by atoms with Gasteiger partial charge in [0.05, 0.1) is 37.0 Å². The molecule has 2 aromatic carbocycles. The van der Waals surface area contributed by atoms with E-state index in [0.717, 1.165) is 46.0 Å². The molecule has 8 heteroatoms. The Morgan fingerprint density at radius 2 is 1.94 bits per heavy atom. The van der Waals surface area contributed by atoms with E-state index in [4.69, 9.17) is 14.5 Å². The summed E-state index contributed by atoms with van der Waals surface area (Å²) in [5.41, 5.74) is 3.54. The van der Waals surface area contributed by atoms with Gasteiger partial charge in [-0.2, -0.15) is 0 Å². The Bertz CT molecular complexity index is 1260. The number of nitrogens with one attached hydrogen (secondary N) is 1. The van der Waals surface area contributed by atoms with Crippen LogP contribution in [0.4, 0.5) is 0 Å². The number of hydrogen-bond acceptors (Lipinski definition) is 6. The second kappa shape index (κ2) is 8.27. The number of methoxy groups -OCH3 is 2. The number of likely N-dealkylation sites (tertiary alicyclic amines) is 1. The van der Waals surface area contributed by atoms with Gasteiger partial charge in [-0.1, -0.05) is 12.1 Å². The average Bonchev–Trinajstić information content (AvgIpc) is 3.55. The molecule has 1 N–H and O–H groups in total. The van der Waals surface area contributed by atoms with Crippen molar-refractivity contribution in [3.05, 3.63) is 58.9 Å². The van der Waals surface area contributed by atoms with Crippen molar-refractivity contribution in [3.8, 4) is 22.1 Å². The molecule has 1 saturated heterocycles. The zero-order valence-electron chi connectivity index (χ0n) is 18.2. The van der Waals surface area contributed by atoms with Crippen LogP contribution in [-0.4, -0.2) is 46.5 Å². The van der Waals surface area contributed by atoms with Gasteiger partial charge in [0.15, 0.2) is 11.5 Å². The van der Waals surface area contributed by atoms with Crippen LogP contribution in [0, 0.1) is 6.92 Å². The summed E-state index contributed by atoms with van der Waals surface area (Å²) >= 11 is 1.41. The lowest BCUT2D eigenvalue weighted by molar-refractivity contribution is 0.0734. The number of nitrogens with zero attached hydrogens (tertiary/aromatic N) is 3. The van der Waals surface area contributed by atoms with E-state index in [1.807, 2.05) is 54.3 Å². The number of fused-ring (bicyclic) bond motifs is 1. The molecule has 5 rings (SSSR count). The van der Waals surface area contributed by atoms with Gasteiger partial charge in [-0.25, -0.2) is 9.97 Å². The quantitative estimate of drug-likeness (QED) is 0.465. The fourth-order valence-corrected chi connectivity index (χ4v) is 5.26. The Morgan fingerprint density at radius 3 is 2.72 bits per heavy atom. The normalized spacial score (nSPS) is 16.0. The van der Waals surface area contributed by atoms with Crippen molar-refractivity contribution in [2.75, 3.05) is 20.8 Å². The number of carbonyl (C=O) groups is 1. The largest absolute Gasteiger partial charge is 0.493 e. The number of thiazole rings is 1. The smallest absolute Gasteiger partial charge is 0.266 e. The van der Waals surface area contributed by atoms with Gasteiger partial charge in [-0.05, 0) is 50.1 Å². The standard InChI is InChI=1S/C24H24N4O3S/c1-14-21(32-23(25-14)15-10-11-19(30-2)20(13-15)31-3)24(29)28-12-6-9-18(28)22-26-16-7-4-5-8-17(16)27-22/h4-5,7-8,10-11,13,18H,6,9,12H2,1-3H3,(H,26,27). The van der Waals surface area contributed by atoms with Gasteiger partial charge in [0.25, 0.3) is 5.91 Å². The minimum absolute atomic E-state index is 0.00897. The molecule has 32 heavy (non-hydrogen) atoms. The molecule has 0 saturated carbocycles. The molecule has 1 unspecified atom stereocenters. The van der Waals surface area contributed by atoms with Crippen LogP contribution in [0.3, 0.4) is 0 Å². The predicted molar refractivity (Wildman–Crippen MR) is 124 cm³/mol. The first-order valence-electron chi connectivity index (χ1n) is 10.5. The average molecular weight is 449 g/mol. The maximum absolute atomic E-state index is 13.5. The fourth-order valence-electron chi connectivity index (χ4n) is 4.24. The van der Waals surface area contributed by atoms with E-state index in [-0.39, 0.29) is 11.9 Å². The Hall–Kier alpha value is -3.39. The molecule has 0 bridgehead atoms. The lowest BCUT2D eigenvalue weighted by atomic mass is 10.2. The number of imidazole rings is 1. The van der Waals surface area contributed by atoms with Gasteiger partial charge in [-0.3, -0.25) is 4.79 Å². The van der Waals surface area contributed by atoms with Crippen molar-refractivity contribution in [3.63, 3.8) is 0 Å². The summed E-state index contributed by atoms with van der Waals surface area (Å²) in [6.45, 7) is 2.60. The minimum atomic E-state index is -0.0547. The molecule has 164 valence electrons. The summed E-state index contributed by atoms with van der Waals surface area (Å²) in [5, 5.41) is 0.784. The number of hydrogen-bond donors (Lipinski definition) is 1. The van der Waals surface area contributed by atoms with Crippen LogP contribution in [-0.2, 0) is 0 Å². The fraction of sp³-hybridized carbons (Fsp3) is 0.292. The van der Waals surface area contributed by atoms with Crippen molar-refractivity contribution in [2.24, 2.45) is 0 Å². The Morgan fingerprint density at radius 1 is 1.12 bits per heavy atom. The van der Waals surface area contributed by atoms with Crippen molar-refractivity contribution < 1.29 is 14.3 Å². The summed E-state index contributed by atoms with van der Waals surface area (Å²) in [5.74, 6) is 2.15. The number of carbonyl (C=O) groups excluding carboxylic acids is 1. The number of aromatic amines is 1. The van der Waals surface area contributed by atoms with Crippen LogP contribution in [0.1, 0.15) is 40.1 Å². The Labute approximate surface area is 190 Å². The van der Waals surface area contributed by atoms with E-state index < -0.39 is 0 Å². The van der Waals surface area contributed by atoms with E-state index >= 15 is 0 Å². The summed E-state index contributed by atoms with van der Waals surface area (Å²) in [6, 6.07) is 13.6. The first-order chi connectivity index (χ1) is 15.6. The molecular formula is C24H24N4O3S. The highest BCUT2D eigenvalue weighted by atomic mass is 32.1. The molecule has 7 nitrogen and oxygen atoms in total. The molecule has 0 aliphatic carbocycles. The van der Waals surface area contributed by atoms with Crippen LogP contribution < -0.4 is 9.47 Å². The van der Waals surface area contributed by atoms with E-state index in [1.165, 1.54) is 11.3 Å². The molecule has 4 aromatic rings. The number of amides is 1. The minimum Gasteiger partial charge on any atom is -0.493 e. The van der Waals surface area contributed by atoms with Gasteiger partial charge in [-0.15, -0.1) is 11.3 Å². The van der Waals surface area contributed by atoms with Crippen molar-refractivity contribution in [1.82, 2.24) is 19.9 Å². The second-order valence-corrected chi connectivity index (χ2v) is 8.80. The van der Waals surface area contributed by atoms with E-state index in [9.17, 15) is 4.79 Å². The summed E-state index contributed by atoms with van der Waals surface area (Å²) in [6.07, 6.45) is 1.85. The molecular weight excluding hydrogens is 424 g/mol. The Kier molecular flexibility index (Phi) is 5.30. The van der Waals surface area contributed by atoms with Crippen LogP contribution in [0.25, 0.3) is 21.6 Å². The molecule has 0 radical (unpaired) electrons. The molecule has 1 fully saturated rings. The zero-order chi connectivity index (χ0) is 22.2. The monoisotopic (exact) mass is 448 g/mol. The van der Waals surface area contributed by atoms with E-state index in [1.54, 1.807) is 14.2 Å². The molecule has 0 spiro atoms. The van der Waals surface area contributed by atoms with E-state index in [2.05, 4.69) is 9.97 Å². The molecule has 1 atom stereocenters. The third-order valence-electron chi connectivity index (χ3n) is 5.86. The molecule has 1 amide bonds. The third kappa shape index (κ3) is 3.50. The highest BCUT2D eigenvalue weighted by Gasteiger charge is 2.34. The number of aromatic nitrogens is 3. The lowest BCUT2D eigenvalue weighted by Gasteiger charge is -2.22. The maximum Gasteiger partial charge on any atom is 0.266 e. The summed E-state index contributed by atoms with van der Waals surface area (Å²) in [7, 11) is 3.21. The maximum atomic E-state index is 13.5. The summed E-state index contributed by atoms with van der Waals surface area (Å²) < 4.78 is 10.7. The van der Waals surface area contributed by atoms with Gasteiger partial charge < -0.3 is 19.4 Å². The number of benzene rings is 2. The van der Waals surface area contributed by atoms with Gasteiger partial charge in [0.1, 0.15) is 15.7 Å². The number of ether oxygens (including phenoxy) is 2. The number of para-hydroxylation sites is 2. The molecule has 3 heterocycles. The molecule has 1 aliphatic heterocycles. The molecule has 1 aliphatic rings. The highest BCUT2D eigenvalue weighted by molar-refractivity contribution is 7.17. The second-order valence-electron chi connectivity index (χ2n) is 7.80. The van der Waals surface area contributed by atoms with Crippen LogP contribution in [0.2, 0.25) is 0 Å². The van der Waals surface area contributed by atoms with Crippen molar-refractivity contribution in [1.29, 1.82) is 0 Å². The van der Waals surface area contributed by atoms with Crippen LogP contribution in [0.15, 0.2) is 42.5 Å². The zero-order valence-corrected chi connectivity index (χ0v) is 19.0. The van der Waals surface area contributed by atoms with Crippen molar-refractivity contribution >= 4 is 28.3 Å². The SMILES string of the molecule is COc1ccc(-c2nc(C)c(C(=O)N3CCCC3c3nc4ccccc4[nH]3)s2)cc1OC. The lowest BCUT2D eigenvalue weighted by Crippen LogP contribution is -2.31. The van der Waals surface area contributed by atoms with Crippen LogP contribution >= 0.6 is 11.3 Å².